The molecule has 0 bridgehead atoms. The van der Waals surface area contributed by atoms with Crippen LogP contribution in [-0.4, -0.2) is 16.4 Å². The zero-order valence-corrected chi connectivity index (χ0v) is 9.62. The van der Waals surface area contributed by atoms with Gasteiger partial charge in [0.2, 0.25) is 5.91 Å². The Labute approximate surface area is 90.4 Å². The Balaban J connectivity index is 2.55. The van der Waals surface area contributed by atoms with Gasteiger partial charge in [0.1, 0.15) is 0 Å². The Hall–Kier alpha value is -0.640. The summed E-state index contributed by atoms with van der Waals surface area (Å²) in [7, 11) is 0. The van der Waals surface area contributed by atoms with Gasteiger partial charge in [0.25, 0.3) is 0 Å². The monoisotopic (exact) mass is 214 g/mol. The van der Waals surface area contributed by atoms with E-state index in [9.17, 15) is 4.79 Å². The highest BCUT2D eigenvalue weighted by molar-refractivity contribution is 7.80. The number of thiocarbonyl (C=S) groups is 1. The van der Waals surface area contributed by atoms with E-state index >= 15 is 0 Å². The molecule has 1 atom stereocenters. The predicted molar refractivity (Wildman–Crippen MR) is 61.0 cm³/mol. The van der Waals surface area contributed by atoms with Crippen LogP contribution in [0.1, 0.15) is 39.5 Å². The van der Waals surface area contributed by atoms with Gasteiger partial charge in [0.15, 0.2) is 0 Å². The zero-order valence-electron chi connectivity index (χ0n) is 8.80. The quantitative estimate of drug-likeness (QED) is 0.695. The maximum Gasteiger partial charge on any atom is 0.223 e. The van der Waals surface area contributed by atoms with Crippen molar-refractivity contribution in [1.29, 1.82) is 0 Å². The SMILES string of the molecule is CCC(C)(NC(=O)C1CCC1)C(N)=S. The molecule has 1 unspecified atom stereocenters. The molecule has 1 rings (SSSR count). The highest BCUT2D eigenvalue weighted by Gasteiger charge is 2.32. The van der Waals surface area contributed by atoms with Crippen molar-refractivity contribution in [2.45, 2.75) is 45.1 Å². The molecule has 0 radical (unpaired) electrons. The molecule has 14 heavy (non-hydrogen) atoms. The smallest absolute Gasteiger partial charge is 0.223 e. The van der Waals surface area contributed by atoms with Crippen LogP contribution in [0.25, 0.3) is 0 Å². The summed E-state index contributed by atoms with van der Waals surface area (Å²) in [6, 6.07) is 0. The molecule has 0 aromatic heterocycles. The number of carbonyl (C=O) groups is 1. The first-order chi connectivity index (χ1) is 6.49. The van der Waals surface area contributed by atoms with Crippen LogP contribution < -0.4 is 11.1 Å². The number of rotatable bonds is 4. The average molecular weight is 214 g/mol. The number of carbonyl (C=O) groups excluding carboxylic acids is 1. The summed E-state index contributed by atoms with van der Waals surface area (Å²) in [5.74, 6) is 0.295. The third-order valence-electron chi connectivity index (χ3n) is 3.13. The number of hydrogen-bond acceptors (Lipinski definition) is 2. The van der Waals surface area contributed by atoms with Crippen LogP contribution in [-0.2, 0) is 4.79 Å². The molecule has 1 amide bonds. The molecule has 0 saturated heterocycles. The third-order valence-corrected chi connectivity index (χ3v) is 3.58. The van der Waals surface area contributed by atoms with Crippen molar-refractivity contribution in [1.82, 2.24) is 5.32 Å². The minimum absolute atomic E-state index is 0.105. The number of nitrogens with one attached hydrogen (secondary N) is 1. The molecule has 0 aromatic rings. The highest BCUT2D eigenvalue weighted by Crippen LogP contribution is 2.27. The minimum atomic E-state index is -0.512. The van der Waals surface area contributed by atoms with Gasteiger partial charge >= 0.3 is 0 Å². The van der Waals surface area contributed by atoms with E-state index in [-0.39, 0.29) is 11.8 Å². The molecule has 0 heterocycles. The molecule has 3 nitrogen and oxygen atoms in total. The van der Waals surface area contributed by atoms with Gasteiger partial charge in [-0.05, 0) is 26.2 Å². The average Bonchev–Trinajstić information content (AvgIpc) is 2.00. The van der Waals surface area contributed by atoms with Gasteiger partial charge in [-0.25, -0.2) is 0 Å². The summed E-state index contributed by atoms with van der Waals surface area (Å²) >= 11 is 4.95. The molecule has 3 N–H and O–H groups in total. The summed E-state index contributed by atoms with van der Waals surface area (Å²) in [4.78, 5) is 12.0. The second-order valence-electron chi connectivity index (χ2n) is 4.17. The molecular weight excluding hydrogens is 196 g/mol. The van der Waals surface area contributed by atoms with Gasteiger partial charge in [0.05, 0.1) is 10.5 Å². The predicted octanol–water partition coefficient (Wildman–Crippen LogP) is 1.36. The Kier molecular flexibility index (Phi) is 3.48. The standard InChI is InChI=1S/C10H18N2OS/c1-3-10(2,9(11)14)12-8(13)7-5-4-6-7/h7H,3-6H2,1-2H3,(H2,11,14)(H,12,13). The van der Waals surface area contributed by atoms with Crippen LogP contribution in [0, 0.1) is 5.92 Å². The molecule has 1 saturated carbocycles. The van der Waals surface area contributed by atoms with Gasteiger partial charge in [-0.1, -0.05) is 25.6 Å². The topological polar surface area (TPSA) is 55.1 Å². The largest absolute Gasteiger partial charge is 0.391 e. The summed E-state index contributed by atoms with van der Waals surface area (Å²) < 4.78 is 0. The molecule has 80 valence electrons. The maximum atomic E-state index is 11.7. The normalized spacial score (nSPS) is 20.7. The van der Waals surface area contributed by atoms with E-state index in [1.807, 2.05) is 13.8 Å². The molecule has 0 spiro atoms. The second kappa shape index (κ2) is 4.26. The Morgan fingerprint density at radius 3 is 2.50 bits per heavy atom. The number of amides is 1. The Morgan fingerprint density at radius 2 is 2.21 bits per heavy atom. The van der Waals surface area contributed by atoms with Crippen molar-refractivity contribution in [3.05, 3.63) is 0 Å². The van der Waals surface area contributed by atoms with Crippen LogP contribution in [0.2, 0.25) is 0 Å². The third kappa shape index (κ3) is 2.23. The molecule has 1 fully saturated rings. The summed E-state index contributed by atoms with van der Waals surface area (Å²) in [6.45, 7) is 3.85. The van der Waals surface area contributed by atoms with Crippen molar-refractivity contribution < 1.29 is 4.79 Å². The molecular formula is C10H18N2OS. The highest BCUT2D eigenvalue weighted by atomic mass is 32.1. The lowest BCUT2D eigenvalue weighted by Crippen LogP contribution is -2.56. The van der Waals surface area contributed by atoms with E-state index in [0.717, 1.165) is 25.7 Å². The van der Waals surface area contributed by atoms with Crippen molar-refractivity contribution in [2.75, 3.05) is 0 Å². The first-order valence-corrected chi connectivity index (χ1v) is 5.52. The first kappa shape index (κ1) is 11.4. The fourth-order valence-corrected chi connectivity index (χ4v) is 1.56. The lowest BCUT2D eigenvalue weighted by atomic mass is 9.84. The summed E-state index contributed by atoms with van der Waals surface area (Å²) in [6.07, 6.45) is 3.90. The van der Waals surface area contributed by atoms with Crippen LogP contribution >= 0.6 is 12.2 Å². The van der Waals surface area contributed by atoms with E-state index in [1.54, 1.807) is 0 Å². The van der Waals surface area contributed by atoms with Crippen molar-refractivity contribution in [3.63, 3.8) is 0 Å². The molecule has 1 aliphatic carbocycles. The van der Waals surface area contributed by atoms with E-state index in [4.69, 9.17) is 18.0 Å². The molecule has 4 heteroatoms. The van der Waals surface area contributed by atoms with Crippen LogP contribution in [0.5, 0.6) is 0 Å². The zero-order chi connectivity index (χ0) is 10.8. The van der Waals surface area contributed by atoms with Gasteiger partial charge in [0, 0.05) is 5.92 Å². The van der Waals surface area contributed by atoms with E-state index < -0.39 is 5.54 Å². The fraction of sp³-hybridized carbons (Fsp3) is 0.800. The minimum Gasteiger partial charge on any atom is -0.391 e. The molecule has 0 aliphatic heterocycles. The molecule has 1 aliphatic rings. The van der Waals surface area contributed by atoms with Gasteiger partial charge in [-0.15, -0.1) is 0 Å². The van der Waals surface area contributed by atoms with E-state index in [0.29, 0.717) is 4.99 Å². The first-order valence-electron chi connectivity index (χ1n) is 5.11. The number of nitrogens with two attached hydrogens (primary N) is 1. The number of hydrogen-bond donors (Lipinski definition) is 2. The van der Waals surface area contributed by atoms with E-state index in [1.165, 1.54) is 0 Å². The van der Waals surface area contributed by atoms with Gasteiger partial charge in [-0.2, -0.15) is 0 Å². The Bertz CT molecular complexity index is 251. The Morgan fingerprint density at radius 1 is 1.64 bits per heavy atom. The van der Waals surface area contributed by atoms with Crippen molar-refractivity contribution in [3.8, 4) is 0 Å². The van der Waals surface area contributed by atoms with Gasteiger partial charge < -0.3 is 11.1 Å². The van der Waals surface area contributed by atoms with Crippen molar-refractivity contribution >= 4 is 23.1 Å². The summed E-state index contributed by atoms with van der Waals surface area (Å²) in [5.41, 5.74) is 5.09. The van der Waals surface area contributed by atoms with Crippen LogP contribution in [0.15, 0.2) is 0 Å². The van der Waals surface area contributed by atoms with E-state index in [2.05, 4.69) is 5.32 Å². The lowest BCUT2D eigenvalue weighted by molar-refractivity contribution is -0.128. The van der Waals surface area contributed by atoms with Crippen molar-refractivity contribution in [2.24, 2.45) is 11.7 Å². The summed E-state index contributed by atoms with van der Waals surface area (Å²) in [5, 5.41) is 2.94. The second-order valence-corrected chi connectivity index (χ2v) is 4.61. The lowest BCUT2D eigenvalue weighted by Gasteiger charge is -2.33. The molecule has 0 aromatic carbocycles. The van der Waals surface area contributed by atoms with Gasteiger partial charge in [-0.3, -0.25) is 4.79 Å². The van der Waals surface area contributed by atoms with Crippen LogP contribution in [0.4, 0.5) is 0 Å². The van der Waals surface area contributed by atoms with Crippen LogP contribution in [0.3, 0.4) is 0 Å². The maximum absolute atomic E-state index is 11.7. The fourth-order valence-electron chi connectivity index (χ4n) is 1.37.